The minimum atomic E-state index is -0.550. The lowest BCUT2D eigenvalue weighted by molar-refractivity contribution is -0.385. The third-order valence-corrected chi connectivity index (χ3v) is 5.45. The van der Waals surface area contributed by atoms with Crippen molar-refractivity contribution in [3.05, 3.63) is 99.6 Å². The number of fused-ring (bicyclic) bond motifs is 3. The van der Waals surface area contributed by atoms with Crippen molar-refractivity contribution in [2.75, 3.05) is 20.3 Å². The Morgan fingerprint density at radius 3 is 2.31 bits per heavy atom. The zero-order valence-corrected chi connectivity index (χ0v) is 17.5. The summed E-state index contributed by atoms with van der Waals surface area (Å²) in [5, 5.41) is 13.9. The molecule has 0 radical (unpaired) electrons. The number of amides is 1. The Morgan fingerprint density at radius 1 is 1.03 bits per heavy atom. The van der Waals surface area contributed by atoms with Crippen molar-refractivity contribution in [1.82, 2.24) is 5.32 Å². The highest BCUT2D eigenvalue weighted by atomic mass is 16.6. The molecule has 0 heterocycles. The molecule has 162 valence electrons. The van der Waals surface area contributed by atoms with Gasteiger partial charge in [-0.1, -0.05) is 60.7 Å². The molecule has 32 heavy (non-hydrogen) atoms. The van der Waals surface area contributed by atoms with Crippen LogP contribution in [0, 0.1) is 10.1 Å². The Labute approximate surface area is 185 Å². The van der Waals surface area contributed by atoms with Gasteiger partial charge in [-0.3, -0.25) is 10.1 Å². The summed E-state index contributed by atoms with van der Waals surface area (Å²) in [4.78, 5) is 23.0. The van der Waals surface area contributed by atoms with Gasteiger partial charge in [0.2, 0.25) is 0 Å². The minimum absolute atomic E-state index is 0.0140. The number of benzene rings is 3. The lowest BCUT2D eigenvalue weighted by atomic mass is 9.98. The fraction of sp³-hybridized carbons (Fsp3) is 0.160. The van der Waals surface area contributed by atoms with Gasteiger partial charge in [0, 0.05) is 18.5 Å². The minimum Gasteiger partial charge on any atom is -0.496 e. The maximum Gasteiger partial charge on any atom is 0.407 e. The molecule has 7 heteroatoms. The Hall–Kier alpha value is -4.13. The first kappa shape index (κ1) is 21.1. The van der Waals surface area contributed by atoms with Gasteiger partial charge in [0.05, 0.1) is 17.6 Å². The average molecular weight is 430 g/mol. The molecular weight excluding hydrogens is 408 g/mol. The number of nitrogens with one attached hydrogen (secondary N) is 1. The standard InChI is InChI=1S/C25H22N2O5/c1-31-24-14-6-13-23(27(29)30)21(24)12-7-15-26-25(28)32-16-22-19-10-4-2-8-17(19)18-9-3-5-11-20(18)22/h2-14,22H,15-16H2,1H3,(H,26,28). The van der Waals surface area contributed by atoms with Crippen LogP contribution in [0.25, 0.3) is 17.2 Å². The first-order chi connectivity index (χ1) is 15.6. The van der Waals surface area contributed by atoms with Crippen molar-refractivity contribution in [1.29, 1.82) is 0 Å². The highest BCUT2D eigenvalue weighted by Gasteiger charge is 2.28. The van der Waals surface area contributed by atoms with Gasteiger partial charge in [0.15, 0.2) is 0 Å². The quantitative estimate of drug-likeness (QED) is 0.413. The number of nitro benzene ring substituents is 1. The second kappa shape index (κ2) is 9.34. The molecule has 0 saturated carbocycles. The second-order valence-electron chi connectivity index (χ2n) is 7.26. The molecule has 7 nitrogen and oxygen atoms in total. The van der Waals surface area contributed by atoms with Gasteiger partial charge >= 0.3 is 6.09 Å². The predicted octanol–water partition coefficient (Wildman–Crippen LogP) is 5.16. The van der Waals surface area contributed by atoms with Crippen LogP contribution in [0.15, 0.2) is 72.8 Å². The first-order valence-corrected chi connectivity index (χ1v) is 10.2. The molecule has 0 spiro atoms. The van der Waals surface area contributed by atoms with Crippen LogP contribution in [0.4, 0.5) is 10.5 Å². The van der Waals surface area contributed by atoms with Gasteiger partial charge in [-0.2, -0.15) is 0 Å². The molecule has 4 rings (SSSR count). The van der Waals surface area contributed by atoms with E-state index in [1.165, 1.54) is 24.3 Å². The SMILES string of the molecule is COc1cccc([N+](=O)[O-])c1C=CCNC(=O)OCC1c2ccccc2-c2ccccc21. The maximum absolute atomic E-state index is 12.2. The maximum atomic E-state index is 12.2. The van der Waals surface area contributed by atoms with Crippen molar-refractivity contribution in [3.63, 3.8) is 0 Å². The van der Waals surface area contributed by atoms with Crippen molar-refractivity contribution in [2.24, 2.45) is 0 Å². The van der Waals surface area contributed by atoms with E-state index in [0.717, 1.165) is 11.1 Å². The normalized spacial score (nSPS) is 12.3. The molecule has 0 atom stereocenters. The summed E-state index contributed by atoms with van der Waals surface area (Å²) >= 11 is 0. The van der Waals surface area contributed by atoms with E-state index in [9.17, 15) is 14.9 Å². The van der Waals surface area contributed by atoms with E-state index in [-0.39, 0.29) is 24.8 Å². The summed E-state index contributed by atoms with van der Waals surface area (Å²) in [6.07, 6.45) is 2.62. The lowest BCUT2D eigenvalue weighted by Crippen LogP contribution is -2.26. The Bertz CT molecular complexity index is 1140. The Kier molecular flexibility index (Phi) is 6.17. The second-order valence-corrected chi connectivity index (χ2v) is 7.26. The Morgan fingerprint density at radius 2 is 1.69 bits per heavy atom. The molecule has 0 unspecified atom stereocenters. The molecule has 0 bridgehead atoms. The molecule has 1 N–H and O–H groups in total. The number of methoxy groups -OCH3 is 1. The van der Waals surface area contributed by atoms with Crippen LogP contribution in [-0.2, 0) is 4.74 Å². The van der Waals surface area contributed by atoms with Crippen molar-refractivity contribution < 1.29 is 19.2 Å². The third kappa shape index (κ3) is 4.18. The predicted molar refractivity (Wildman–Crippen MR) is 122 cm³/mol. The molecular formula is C25H22N2O5. The van der Waals surface area contributed by atoms with Gasteiger partial charge in [-0.05, 0) is 34.4 Å². The summed E-state index contributed by atoms with van der Waals surface area (Å²) in [7, 11) is 1.45. The van der Waals surface area contributed by atoms with E-state index in [2.05, 4.69) is 29.6 Å². The number of hydrogen-bond donors (Lipinski definition) is 1. The summed E-state index contributed by atoms with van der Waals surface area (Å²) in [6.45, 7) is 0.382. The van der Waals surface area contributed by atoms with Crippen LogP contribution in [-0.4, -0.2) is 31.3 Å². The van der Waals surface area contributed by atoms with Crippen LogP contribution in [0.1, 0.15) is 22.6 Å². The van der Waals surface area contributed by atoms with Crippen LogP contribution >= 0.6 is 0 Å². The van der Waals surface area contributed by atoms with Crippen molar-refractivity contribution in [3.8, 4) is 16.9 Å². The number of carbonyl (C=O) groups excluding carboxylic acids is 1. The molecule has 0 aliphatic heterocycles. The smallest absolute Gasteiger partial charge is 0.407 e. The molecule has 3 aromatic rings. The topological polar surface area (TPSA) is 90.7 Å². The van der Waals surface area contributed by atoms with Crippen LogP contribution in [0.5, 0.6) is 5.75 Å². The van der Waals surface area contributed by atoms with Gasteiger partial charge < -0.3 is 14.8 Å². The summed E-state index contributed by atoms with van der Waals surface area (Å²) < 4.78 is 10.7. The average Bonchev–Trinajstić information content (AvgIpc) is 3.14. The number of rotatable bonds is 7. The fourth-order valence-corrected chi connectivity index (χ4v) is 4.01. The number of nitrogens with zero attached hydrogens (tertiary/aromatic N) is 1. The largest absolute Gasteiger partial charge is 0.496 e. The summed E-state index contributed by atoms with van der Waals surface area (Å²) in [6, 6.07) is 20.9. The highest BCUT2D eigenvalue weighted by Crippen LogP contribution is 2.44. The van der Waals surface area contributed by atoms with Crippen LogP contribution < -0.4 is 10.1 Å². The van der Waals surface area contributed by atoms with E-state index < -0.39 is 11.0 Å². The van der Waals surface area contributed by atoms with E-state index >= 15 is 0 Å². The molecule has 3 aromatic carbocycles. The fourth-order valence-electron chi connectivity index (χ4n) is 4.01. The molecule has 1 aliphatic rings. The molecule has 0 aromatic heterocycles. The summed E-state index contributed by atoms with van der Waals surface area (Å²) in [5.74, 6) is 0.372. The molecule has 0 fully saturated rings. The van der Waals surface area contributed by atoms with Gasteiger partial charge in [0.1, 0.15) is 12.4 Å². The van der Waals surface area contributed by atoms with E-state index in [0.29, 0.717) is 11.3 Å². The molecule has 1 aliphatic carbocycles. The number of hydrogen-bond acceptors (Lipinski definition) is 5. The van der Waals surface area contributed by atoms with Gasteiger partial charge in [-0.25, -0.2) is 4.79 Å². The number of alkyl carbamates (subject to hydrolysis) is 1. The van der Waals surface area contributed by atoms with Crippen molar-refractivity contribution >= 4 is 17.9 Å². The summed E-state index contributed by atoms with van der Waals surface area (Å²) in [5.41, 5.74) is 4.89. The number of carbonyl (C=O) groups is 1. The lowest BCUT2D eigenvalue weighted by Gasteiger charge is -2.14. The number of nitro groups is 1. The third-order valence-electron chi connectivity index (χ3n) is 5.45. The molecule has 1 amide bonds. The first-order valence-electron chi connectivity index (χ1n) is 10.2. The number of ether oxygens (including phenoxy) is 2. The van der Waals surface area contributed by atoms with E-state index in [4.69, 9.17) is 9.47 Å². The Balaban J connectivity index is 1.37. The highest BCUT2D eigenvalue weighted by molar-refractivity contribution is 5.79. The van der Waals surface area contributed by atoms with Crippen molar-refractivity contribution in [2.45, 2.75) is 5.92 Å². The van der Waals surface area contributed by atoms with E-state index in [1.807, 2.05) is 24.3 Å². The van der Waals surface area contributed by atoms with Crippen LogP contribution in [0.2, 0.25) is 0 Å². The zero-order chi connectivity index (χ0) is 22.5. The van der Waals surface area contributed by atoms with Crippen LogP contribution in [0.3, 0.4) is 0 Å². The van der Waals surface area contributed by atoms with Gasteiger partial charge in [0.25, 0.3) is 5.69 Å². The molecule has 0 saturated heterocycles. The monoisotopic (exact) mass is 430 g/mol. The zero-order valence-electron chi connectivity index (χ0n) is 17.5. The van der Waals surface area contributed by atoms with E-state index in [1.54, 1.807) is 24.3 Å². The van der Waals surface area contributed by atoms with Gasteiger partial charge in [-0.15, -0.1) is 0 Å².